The summed E-state index contributed by atoms with van der Waals surface area (Å²) in [6, 6.07) is 9.07. The van der Waals surface area contributed by atoms with Gasteiger partial charge in [-0.3, -0.25) is 0 Å². The summed E-state index contributed by atoms with van der Waals surface area (Å²) in [5, 5.41) is 13.1. The molecule has 0 aliphatic carbocycles. The number of urea groups is 1. The molecule has 5 heteroatoms. The fourth-order valence-corrected chi connectivity index (χ4v) is 2.62. The Morgan fingerprint density at radius 1 is 1.29 bits per heavy atom. The van der Waals surface area contributed by atoms with Crippen LogP contribution in [0.5, 0.6) is 0 Å². The van der Waals surface area contributed by atoms with E-state index in [1.54, 1.807) is 4.90 Å². The fraction of sp³-hybridized carbons (Fsp3) is 0.500. The first-order valence-corrected chi connectivity index (χ1v) is 7.36. The lowest BCUT2D eigenvalue weighted by molar-refractivity contribution is -0.307. The van der Waals surface area contributed by atoms with Gasteiger partial charge in [0.05, 0.1) is 12.0 Å². The molecule has 114 valence electrons. The number of carboxylic acids is 1. The maximum absolute atomic E-state index is 11.9. The number of hydrogen-bond donors (Lipinski definition) is 1. The van der Waals surface area contributed by atoms with Crippen LogP contribution >= 0.6 is 0 Å². The molecule has 0 saturated carbocycles. The number of benzene rings is 1. The maximum atomic E-state index is 11.9. The summed E-state index contributed by atoms with van der Waals surface area (Å²) in [4.78, 5) is 24.2. The Morgan fingerprint density at radius 2 is 1.90 bits per heavy atom. The van der Waals surface area contributed by atoms with E-state index in [0.717, 1.165) is 19.3 Å². The standard InChI is InChI=1S/C16H22N2O3/c1-12(15(19)20)17-16(21)18-9-7-14(8-10-18)11-13-5-3-2-4-6-13/h2-6,12,14H,7-11H2,1H3,(H,17,21)(H,19,20)/p-1/t12-/m0/s1. The lowest BCUT2D eigenvalue weighted by Crippen LogP contribution is -2.52. The van der Waals surface area contributed by atoms with Gasteiger partial charge in [0.2, 0.25) is 0 Å². The fourth-order valence-electron chi connectivity index (χ4n) is 2.62. The Hall–Kier alpha value is -2.04. The van der Waals surface area contributed by atoms with E-state index in [4.69, 9.17) is 0 Å². The summed E-state index contributed by atoms with van der Waals surface area (Å²) >= 11 is 0. The van der Waals surface area contributed by atoms with Crippen molar-refractivity contribution < 1.29 is 14.7 Å². The van der Waals surface area contributed by atoms with Crippen molar-refractivity contribution in [2.45, 2.75) is 32.2 Å². The summed E-state index contributed by atoms with van der Waals surface area (Å²) in [5.74, 6) is -0.683. The van der Waals surface area contributed by atoms with Crippen LogP contribution in [0, 0.1) is 5.92 Å². The summed E-state index contributed by atoms with van der Waals surface area (Å²) in [5.41, 5.74) is 1.32. The first kappa shape index (κ1) is 15.4. The number of hydrogen-bond acceptors (Lipinski definition) is 3. The number of likely N-dealkylation sites (tertiary alicyclic amines) is 1. The SMILES string of the molecule is C[C@H](NC(=O)N1CCC(Cc2ccccc2)CC1)C(=O)[O-]. The van der Waals surface area contributed by atoms with Gasteiger partial charge in [-0.2, -0.15) is 0 Å². The number of carbonyl (C=O) groups is 2. The van der Waals surface area contributed by atoms with Gasteiger partial charge in [-0.25, -0.2) is 4.79 Å². The second-order valence-electron chi connectivity index (χ2n) is 5.61. The number of amides is 2. The minimum absolute atomic E-state index is 0.315. The molecule has 2 rings (SSSR count). The first-order chi connectivity index (χ1) is 10.1. The van der Waals surface area contributed by atoms with Crippen molar-refractivity contribution in [3.05, 3.63) is 35.9 Å². The molecule has 0 radical (unpaired) electrons. The predicted octanol–water partition coefficient (Wildman–Crippen LogP) is 0.789. The van der Waals surface area contributed by atoms with E-state index in [2.05, 4.69) is 17.4 Å². The van der Waals surface area contributed by atoms with E-state index in [0.29, 0.717) is 19.0 Å². The highest BCUT2D eigenvalue weighted by Gasteiger charge is 2.23. The highest BCUT2D eigenvalue weighted by atomic mass is 16.4. The van der Waals surface area contributed by atoms with Crippen molar-refractivity contribution >= 4 is 12.0 Å². The molecule has 0 bridgehead atoms. The van der Waals surface area contributed by atoms with Gasteiger partial charge in [0.25, 0.3) is 0 Å². The van der Waals surface area contributed by atoms with Crippen LogP contribution in [-0.2, 0) is 11.2 Å². The maximum Gasteiger partial charge on any atom is 0.317 e. The Labute approximate surface area is 125 Å². The summed E-state index contributed by atoms with van der Waals surface area (Å²) in [6.45, 7) is 2.75. The second-order valence-corrected chi connectivity index (χ2v) is 5.61. The Balaban J connectivity index is 1.78. The van der Waals surface area contributed by atoms with E-state index in [9.17, 15) is 14.7 Å². The summed E-state index contributed by atoms with van der Waals surface area (Å²) < 4.78 is 0. The van der Waals surface area contributed by atoms with Gasteiger partial charge >= 0.3 is 6.03 Å². The molecule has 1 N–H and O–H groups in total. The number of rotatable bonds is 4. The van der Waals surface area contributed by atoms with Crippen molar-refractivity contribution in [3.8, 4) is 0 Å². The number of aliphatic carboxylic acids is 1. The van der Waals surface area contributed by atoms with Crippen molar-refractivity contribution in [2.75, 3.05) is 13.1 Å². The molecule has 1 heterocycles. The molecule has 21 heavy (non-hydrogen) atoms. The zero-order valence-electron chi connectivity index (χ0n) is 12.2. The van der Waals surface area contributed by atoms with Crippen LogP contribution in [0.25, 0.3) is 0 Å². The average molecular weight is 289 g/mol. The largest absolute Gasteiger partial charge is 0.548 e. The Bertz CT molecular complexity index is 482. The van der Waals surface area contributed by atoms with E-state index in [1.165, 1.54) is 12.5 Å². The van der Waals surface area contributed by atoms with Gasteiger partial charge in [0.15, 0.2) is 0 Å². The third-order valence-electron chi connectivity index (χ3n) is 3.96. The van der Waals surface area contributed by atoms with Gasteiger partial charge in [-0.1, -0.05) is 30.3 Å². The van der Waals surface area contributed by atoms with Gasteiger partial charge < -0.3 is 20.1 Å². The van der Waals surface area contributed by atoms with Crippen molar-refractivity contribution in [2.24, 2.45) is 5.92 Å². The molecule has 0 aromatic heterocycles. The summed E-state index contributed by atoms with van der Waals surface area (Å²) in [6.07, 6.45) is 2.93. The van der Waals surface area contributed by atoms with Crippen LogP contribution in [-0.4, -0.2) is 36.0 Å². The minimum Gasteiger partial charge on any atom is -0.548 e. The van der Waals surface area contributed by atoms with Gasteiger partial charge in [-0.05, 0) is 37.7 Å². The quantitative estimate of drug-likeness (QED) is 0.890. The van der Waals surface area contributed by atoms with Crippen LogP contribution < -0.4 is 10.4 Å². The number of nitrogens with one attached hydrogen (secondary N) is 1. The normalized spacial score (nSPS) is 17.3. The molecule has 0 unspecified atom stereocenters. The molecule has 1 aliphatic rings. The Morgan fingerprint density at radius 3 is 2.48 bits per heavy atom. The van der Waals surface area contributed by atoms with Crippen LogP contribution in [0.1, 0.15) is 25.3 Å². The van der Waals surface area contributed by atoms with E-state index < -0.39 is 12.0 Å². The molecule has 1 saturated heterocycles. The topological polar surface area (TPSA) is 72.5 Å². The smallest absolute Gasteiger partial charge is 0.317 e. The zero-order valence-corrected chi connectivity index (χ0v) is 12.2. The highest BCUT2D eigenvalue weighted by Crippen LogP contribution is 2.21. The third-order valence-corrected chi connectivity index (χ3v) is 3.96. The van der Waals surface area contributed by atoms with E-state index in [-0.39, 0.29) is 6.03 Å². The van der Waals surface area contributed by atoms with Crippen molar-refractivity contribution in [3.63, 3.8) is 0 Å². The third kappa shape index (κ3) is 4.48. The predicted molar refractivity (Wildman–Crippen MR) is 77.4 cm³/mol. The molecule has 2 amide bonds. The van der Waals surface area contributed by atoms with Gasteiger partial charge in [0.1, 0.15) is 0 Å². The number of nitrogens with zero attached hydrogens (tertiary/aromatic N) is 1. The van der Waals surface area contributed by atoms with Crippen molar-refractivity contribution in [1.29, 1.82) is 0 Å². The zero-order chi connectivity index (χ0) is 15.2. The van der Waals surface area contributed by atoms with E-state index in [1.807, 2.05) is 18.2 Å². The molecule has 0 spiro atoms. The molecular formula is C16H21N2O3-. The second kappa shape index (κ2) is 7.11. The summed E-state index contributed by atoms with van der Waals surface area (Å²) in [7, 11) is 0. The average Bonchev–Trinajstić information content (AvgIpc) is 2.48. The van der Waals surface area contributed by atoms with Crippen LogP contribution in [0.2, 0.25) is 0 Å². The number of carbonyl (C=O) groups excluding carboxylic acids is 2. The van der Waals surface area contributed by atoms with Crippen LogP contribution in [0.3, 0.4) is 0 Å². The molecule has 1 aromatic carbocycles. The molecular weight excluding hydrogens is 268 g/mol. The molecule has 1 aliphatic heterocycles. The van der Waals surface area contributed by atoms with Crippen molar-refractivity contribution in [1.82, 2.24) is 10.2 Å². The first-order valence-electron chi connectivity index (χ1n) is 7.36. The molecule has 1 aromatic rings. The lowest BCUT2D eigenvalue weighted by atomic mass is 9.90. The van der Waals surface area contributed by atoms with Crippen LogP contribution in [0.4, 0.5) is 4.79 Å². The van der Waals surface area contributed by atoms with E-state index >= 15 is 0 Å². The number of carboxylic acid groups (broad SMARTS) is 1. The molecule has 1 fully saturated rings. The monoisotopic (exact) mass is 289 g/mol. The lowest BCUT2D eigenvalue weighted by Gasteiger charge is -2.33. The van der Waals surface area contributed by atoms with Crippen LogP contribution in [0.15, 0.2) is 30.3 Å². The molecule has 1 atom stereocenters. The number of piperidine rings is 1. The highest BCUT2D eigenvalue weighted by molar-refractivity contribution is 5.81. The Kier molecular flexibility index (Phi) is 5.20. The molecule has 5 nitrogen and oxygen atoms in total. The van der Waals surface area contributed by atoms with Gasteiger partial charge in [-0.15, -0.1) is 0 Å². The minimum atomic E-state index is -1.26. The van der Waals surface area contributed by atoms with Gasteiger partial charge in [0, 0.05) is 13.1 Å².